The topological polar surface area (TPSA) is 34.1 Å². The highest BCUT2D eigenvalue weighted by molar-refractivity contribution is 7.09. The van der Waals surface area contributed by atoms with Crippen LogP contribution in [0, 0.1) is 6.92 Å². The van der Waals surface area contributed by atoms with Crippen LogP contribution in [0.3, 0.4) is 0 Å². The molecule has 0 spiro atoms. The number of hydrogen-bond acceptors (Lipinski definition) is 4. The Kier molecular flexibility index (Phi) is 5.95. The predicted octanol–water partition coefficient (Wildman–Crippen LogP) is 2.40. The van der Waals surface area contributed by atoms with Crippen molar-refractivity contribution >= 4 is 11.3 Å². The second-order valence-electron chi connectivity index (χ2n) is 4.36. The van der Waals surface area contributed by atoms with Crippen molar-refractivity contribution in [2.75, 3.05) is 13.2 Å². The van der Waals surface area contributed by atoms with Crippen molar-refractivity contribution < 1.29 is 4.74 Å². The van der Waals surface area contributed by atoms with E-state index in [-0.39, 0.29) is 6.10 Å². The average Bonchev–Trinajstić information content (AvgIpc) is 2.61. The Hall–Kier alpha value is -0.450. The Bertz CT molecular complexity index is 299. The van der Waals surface area contributed by atoms with Crippen molar-refractivity contribution in [3.63, 3.8) is 0 Å². The molecule has 4 heteroatoms. The van der Waals surface area contributed by atoms with Gasteiger partial charge in [-0.1, -0.05) is 13.8 Å². The molecule has 0 amide bonds. The van der Waals surface area contributed by atoms with Gasteiger partial charge in [0.25, 0.3) is 0 Å². The number of nitrogens with zero attached hydrogens (tertiary/aromatic N) is 1. The smallest absolute Gasteiger partial charge is 0.0797 e. The fraction of sp³-hybridized carbons (Fsp3) is 0.750. The Morgan fingerprint density at radius 1 is 1.44 bits per heavy atom. The van der Waals surface area contributed by atoms with Gasteiger partial charge in [-0.15, -0.1) is 11.3 Å². The van der Waals surface area contributed by atoms with E-state index in [1.807, 2.05) is 5.51 Å². The van der Waals surface area contributed by atoms with Crippen LogP contribution < -0.4 is 5.32 Å². The van der Waals surface area contributed by atoms with Gasteiger partial charge in [0.2, 0.25) is 0 Å². The van der Waals surface area contributed by atoms with Crippen molar-refractivity contribution in [2.45, 2.75) is 46.3 Å². The minimum atomic E-state index is 0.274. The van der Waals surface area contributed by atoms with E-state index in [9.17, 15) is 0 Å². The number of rotatable bonds is 7. The number of hydrogen-bond donors (Lipinski definition) is 1. The van der Waals surface area contributed by atoms with Gasteiger partial charge in [0.05, 0.1) is 23.9 Å². The first-order valence-corrected chi connectivity index (χ1v) is 6.71. The highest BCUT2D eigenvalue weighted by atomic mass is 32.1. The second-order valence-corrected chi connectivity index (χ2v) is 5.29. The molecule has 1 aromatic heterocycles. The van der Waals surface area contributed by atoms with Gasteiger partial charge < -0.3 is 10.1 Å². The van der Waals surface area contributed by atoms with E-state index in [0.717, 1.165) is 25.3 Å². The van der Waals surface area contributed by atoms with Gasteiger partial charge in [-0.3, -0.25) is 0 Å². The summed E-state index contributed by atoms with van der Waals surface area (Å²) in [5.41, 5.74) is 3.04. The summed E-state index contributed by atoms with van der Waals surface area (Å²) in [6.45, 7) is 10.1. The van der Waals surface area contributed by atoms with Crippen molar-refractivity contribution in [1.82, 2.24) is 10.3 Å². The van der Waals surface area contributed by atoms with Gasteiger partial charge in [0, 0.05) is 23.9 Å². The van der Waals surface area contributed by atoms with E-state index >= 15 is 0 Å². The zero-order chi connectivity index (χ0) is 12.0. The van der Waals surface area contributed by atoms with Crippen LogP contribution in [0.1, 0.15) is 31.3 Å². The molecule has 0 saturated heterocycles. The van der Waals surface area contributed by atoms with Crippen LogP contribution in [0.2, 0.25) is 0 Å². The minimum Gasteiger partial charge on any atom is -0.377 e. The molecule has 0 fully saturated rings. The zero-order valence-corrected chi connectivity index (χ0v) is 11.4. The summed E-state index contributed by atoms with van der Waals surface area (Å²) in [5, 5.41) is 3.37. The molecule has 1 rings (SSSR count). The van der Waals surface area contributed by atoms with Crippen LogP contribution in [-0.2, 0) is 11.2 Å². The molecule has 1 atom stereocenters. The molecule has 16 heavy (non-hydrogen) atoms. The Morgan fingerprint density at radius 2 is 2.19 bits per heavy atom. The number of thiazole rings is 1. The zero-order valence-electron chi connectivity index (χ0n) is 10.6. The Balaban J connectivity index is 2.13. The maximum Gasteiger partial charge on any atom is 0.0797 e. The summed E-state index contributed by atoms with van der Waals surface area (Å²) >= 11 is 1.71. The van der Waals surface area contributed by atoms with Crippen LogP contribution in [0.25, 0.3) is 0 Å². The van der Waals surface area contributed by atoms with Gasteiger partial charge >= 0.3 is 0 Å². The molecule has 92 valence electrons. The fourth-order valence-electron chi connectivity index (χ4n) is 1.38. The van der Waals surface area contributed by atoms with Gasteiger partial charge in [-0.25, -0.2) is 4.98 Å². The van der Waals surface area contributed by atoms with Crippen LogP contribution in [0.15, 0.2) is 5.51 Å². The summed E-state index contributed by atoms with van der Waals surface area (Å²) in [6, 6.07) is 0.523. The second kappa shape index (κ2) is 6.99. The molecule has 0 radical (unpaired) electrons. The molecule has 0 saturated carbocycles. The SMILES string of the molecule is Cc1ncsc1CCOC(C)CNC(C)C. The van der Waals surface area contributed by atoms with Crippen LogP contribution in [-0.4, -0.2) is 30.3 Å². The van der Waals surface area contributed by atoms with Crippen molar-refractivity contribution in [3.8, 4) is 0 Å². The van der Waals surface area contributed by atoms with Crippen LogP contribution >= 0.6 is 11.3 Å². The maximum absolute atomic E-state index is 5.74. The first kappa shape index (κ1) is 13.6. The standard InChI is InChI=1S/C12H22N2OS/c1-9(2)13-7-10(3)15-6-5-12-11(4)14-8-16-12/h8-10,13H,5-7H2,1-4H3. The largest absolute Gasteiger partial charge is 0.377 e. The quantitative estimate of drug-likeness (QED) is 0.797. The third-order valence-corrected chi connectivity index (χ3v) is 3.38. The highest BCUT2D eigenvalue weighted by Crippen LogP contribution is 2.12. The molecular formula is C12H22N2OS. The van der Waals surface area contributed by atoms with Gasteiger partial charge in [0.15, 0.2) is 0 Å². The summed E-state index contributed by atoms with van der Waals surface area (Å²) in [7, 11) is 0. The lowest BCUT2D eigenvalue weighted by Gasteiger charge is -2.15. The van der Waals surface area contributed by atoms with Gasteiger partial charge in [-0.05, 0) is 13.8 Å². The molecule has 1 heterocycles. The Morgan fingerprint density at radius 3 is 2.75 bits per heavy atom. The van der Waals surface area contributed by atoms with E-state index in [0.29, 0.717) is 6.04 Å². The lowest BCUT2D eigenvalue weighted by molar-refractivity contribution is 0.0671. The van der Waals surface area contributed by atoms with E-state index in [4.69, 9.17) is 4.74 Å². The molecule has 0 aliphatic rings. The number of aryl methyl sites for hydroxylation is 1. The summed E-state index contributed by atoms with van der Waals surface area (Å²) in [4.78, 5) is 5.56. The normalized spacial score (nSPS) is 13.3. The monoisotopic (exact) mass is 242 g/mol. The molecule has 1 unspecified atom stereocenters. The van der Waals surface area contributed by atoms with Crippen LogP contribution in [0.5, 0.6) is 0 Å². The van der Waals surface area contributed by atoms with Crippen molar-refractivity contribution in [3.05, 3.63) is 16.1 Å². The predicted molar refractivity (Wildman–Crippen MR) is 69.1 cm³/mol. The number of aromatic nitrogens is 1. The van der Waals surface area contributed by atoms with Gasteiger partial charge in [0.1, 0.15) is 0 Å². The molecule has 0 aliphatic heterocycles. The van der Waals surface area contributed by atoms with E-state index in [1.54, 1.807) is 11.3 Å². The third kappa shape index (κ3) is 5.05. The Labute approximate surface area is 102 Å². The molecule has 3 nitrogen and oxygen atoms in total. The van der Waals surface area contributed by atoms with E-state index in [1.165, 1.54) is 4.88 Å². The highest BCUT2D eigenvalue weighted by Gasteiger charge is 2.05. The molecular weight excluding hydrogens is 220 g/mol. The van der Waals surface area contributed by atoms with Crippen molar-refractivity contribution in [1.29, 1.82) is 0 Å². The average molecular weight is 242 g/mol. The number of nitrogens with one attached hydrogen (secondary N) is 1. The maximum atomic E-state index is 5.74. The molecule has 0 aliphatic carbocycles. The molecule has 0 aromatic carbocycles. The van der Waals surface area contributed by atoms with E-state index < -0.39 is 0 Å². The lowest BCUT2D eigenvalue weighted by atomic mass is 10.3. The lowest BCUT2D eigenvalue weighted by Crippen LogP contribution is -2.32. The van der Waals surface area contributed by atoms with E-state index in [2.05, 4.69) is 38.0 Å². The van der Waals surface area contributed by atoms with Crippen LogP contribution in [0.4, 0.5) is 0 Å². The molecule has 1 N–H and O–H groups in total. The molecule has 1 aromatic rings. The summed E-state index contributed by atoms with van der Waals surface area (Å²) in [6.07, 6.45) is 1.25. The fourth-order valence-corrected chi connectivity index (χ4v) is 2.14. The minimum absolute atomic E-state index is 0.274. The third-order valence-electron chi connectivity index (χ3n) is 2.39. The number of ether oxygens (including phenoxy) is 1. The van der Waals surface area contributed by atoms with Crippen molar-refractivity contribution in [2.24, 2.45) is 0 Å². The summed E-state index contributed by atoms with van der Waals surface area (Å²) < 4.78 is 5.74. The first-order valence-electron chi connectivity index (χ1n) is 5.83. The van der Waals surface area contributed by atoms with Gasteiger partial charge in [-0.2, -0.15) is 0 Å². The molecule has 0 bridgehead atoms. The first-order chi connectivity index (χ1) is 7.59. The summed E-state index contributed by atoms with van der Waals surface area (Å²) in [5.74, 6) is 0.